The smallest absolute Gasteiger partial charge is 0.230 e. The van der Waals surface area contributed by atoms with Crippen LogP contribution in [0.3, 0.4) is 0 Å². The lowest BCUT2D eigenvalue weighted by molar-refractivity contribution is -0.123. The van der Waals surface area contributed by atoms with Crippen LogP contribution in [0.25, 0.3) is 0 Å². The van der Waals surface area contributed by atoms with Gasteiger partial charge in [0.05, 0.1) is 12.1 Å². The van der Waals surface area contributed by atoms with E-state index in [0.717, 1.165) is 30.5 Å². The quantitative estimate of drug-likeness (QED) is 0.186. The lowest BCUT2D eigenvalue weighted by atomic mass is 10.0. The number of carbonyl (C=O) groups excluding carboxylic acids is 1. The van der Waals surface area contributed by atoms with E-state index in [1.165, 1.54) is 0 Å². The van der Waals surface area contributed by atoms with Gasteiger partial charge in [-0.3, -0.25) is 9.89 Å². The first-order chi connectivity index (χ1) is 9.60. The summed E-state index contributed by atoms with van der Waals surface area (Å²) in [7, 11) is 0. The minimum absolute atomic E-state index is 0.0324. The molecule has 0 saturated heterocycles. The number of oxime groups is 1. The number of amides is 1. The highest BCUT2D eigenvalue weighted by Crippen LogP contribution is 2.08. The van der Waals surface area contributed by atoms with Crippen LogP contribution in [0.2, 0.25) is 0 Å². The summed E-state index contributed by atoms with van der Waals surface area (Å²) in [5, 5.41) is 21.3. The van der Waals surface area contributed by atoms with Crippen LogP contribution in [0, 0.1) is 12.8 Å². The largest absolute Gasteiger partial charge is 0.409 e. The van der Waals surface area contributed by atoms with Crippen LogP contribution in [0.1, 0.15) is 37.4 Å². The van der Waals surface area contributed by atoms with E-state index in [-0.39, 0.29) is 11.7 Å². The minimum atomic E-state index is -0.555. The number of amidine groups is 1. The Bertz CT molecular complexity index is 455. The maximum Gasteiger partial charge on any atom is 0.230 e. The zero-order valence-electron chi connectivity index (χ0n) is 12.0. The molecule has 1 atom stereocenters. The molecule has 5 N–H and O–H groups in total. The highest BCUT2D eigenvalue weighted by Gasteiger charge is 2.21. The van der Waals surface area contributed by atoms with Gasteiger partial charge in [-0.2, -0.15) is 5.10 Å². The highest BCUT2D eigenvalue weighted by molar-refractivity contribution is 6.01. The molecule has 0 aromatic carbocycles. The fraction of sp³-hybridized carbons (Fsp3) is 0.615. The molecule has 0 spiro atoms. The van der Waals surface area contributed by atoms with Gasteiger partial charge in [-0.15, -0.1) is 0 Å². The molecular weight excluding hydrogens is 258 g/mol. The lowest BCUT2D eigenvalue weighted by Gasteiger charge is -2.14. The van der Waals surface area contributed by atoms with Crippen LogP contribution >= 0.6 is 0 Å². The average Bonchev–Trinajstić information content (AvgIpc) is 2.85. The van der Waals surface area contributed by atoms with E-state index in [1.807, 2.05) is 13.8 Å². The van der Waals surface area contributed by atoms with Crippen molar-refractivity contribution in [2.45, 2.75) is 39.5 Å². The van der Waals surface area contributed by atoms with E-state index in [4.69, 9.17) is 10.9 Å². The molecule has 1 aromatic heterocycles. The summed E-state index contributed by atoms with van der Waals surface area (Å²) in [5.41, 5.74) is 7.74. The Kier molecular flexibility index (Phi) is 6.55. The first kappa shape index (κ1) is 16.0. The van der Waals surface area contributed by atoms with Crippen molar-refractivity contribution >= 4 is 11.7 Å². The van der Waals surface area contributed by atoms with Crippen molar-refractivity contribution in [1.82, 2.24) is 15.5 Å². The van der Waals surface area contributed by atoms with Gasteiger partial charge in [0.25, 0.3) is 0 Å². The number of aromatic nitrogens is 2. The van der Waals surface area contributed by atoms with E-state index >= 15 is 0 Å². The topological polar surface area (TPSA) is 116 Å². The summed E-state index contributed by atoms with van der Waals surface area (Å²) < 4.78 is 0. The van der Waals surface area contributed by atoms with E-state index in [0.29, 0.717) is 13.0 Å². The Labute approximate surface area is 118 Å². The molecule has 1 heterocycles. The molecule has 0 aliphatic carbocycles. The zero-order valence-corrected chi connectivity index (χ0v) is 12.0. The van der Waals surface area contributed by atoms with Crippen molar-refractivity contribution in [2.75, 3.05) is 6.54 Å². The second-order valence-corrected chi connectivity index (χ2v) is 4.78. The van der Waals surface area contributed by atoms with Crippen LogP contribution in [-0.2, 0) is 11.2 Å². The molecule has 1 rings (SSSR count). The molecule has 1 amide bonds. The normalized spacial score (nSPS) is 13.2. The van der Waals surface area contributed by atoms with Crippen LogP contribution in [-0.4, -0.2) is 33.7 Å². The molecule has 0 saturated carbocycles. The summed E-state index contributed by atoms with van der Waals surface area (Å²) >= 11 is 0. The van der Waals surface area contributed by atoms with Gasteiger partial charge in [-0.05, 0) is 31.7 Å². The highest BCUT2D eigenvalue weighted by atomic mass is 16.4. The molecule has 112 valence electrons. The maximum atomic E-state index is 12.0. The number of aryl methyl sites for hydroxylation is 2. The molecule has 1 aromatic rings. The molecule has 7 heteroatoms. The Hall–Kier alpha value is -2.05. The van der Waals surface area contributed by atoms with Crippen LogP contribution in [0.4, 0.5) is 0 Å². The summed E-state index contributed by atoms with van der Waals surface area (Å²) in [6.07, 6.45) is 4.84. The first-order valence-electron chi connectivity index (χ1n) is 6.84. The van der Waals surface area contributed by atoms with E-state index < -0.39 is 5.92 Å². The minimum Gasteiger partial charge on any atom is -0.409 e. The van der Waals surface area contributed by atoms with Gasteiger partial charge in [0, 0.05) is 12.2 Å². The van der Waals surface area contributed by atoms with Crippen molar-refractivity contribution in [1.29, 1.82) is 0 Å². The maximum absolute atomic E-state index is 12.0. The van der Waals surface area contributed by atoms with Gasteiger partial charge in [0.1, 0.15) is 0 Å². The van der Waals surface area contributed by atoms with Crippen molar-refractivity contribution < 1.29 is 10.0 Å². The van der Waals surface area contributed by atoms with E-state index in [1.54, 1.807) is 6.20 Å². The van der Waals surface area contributed by atoms with E-state index in [2.05, 4.69) is 20.7 Å². The Morgan fingerprint density at radius 1 is 1.65 bits per heavy atom. The zero-order chi connectivity index (χ0) is 15.0. The molecule has 0 aliphatic heterocycles. The van der Waals surface area contributed by atoms with Crippen LogP contribution in [0.5, 0.6) is 0 Å². The summed E-state index contributed by atoms with van der Waals surface area (Å²) in [6, 6.07) is 0. The number of hydrogen-bond acceptors (Lipinski definition) is 4. The number of H-pyrrole nitrogens is 1. The standard InChI is InChI=1S/C13H23N5O2/c1-3-5-11(12(14)18-20)13(19)15-7-4-6-10-8-16-17-9(10)2/h8,11,20H,3-7H2,1-2H3,(H2,14,18)(H,15,19)(H,16,17). The number of nitrogens with one attached hydrogen (secondary N) is 2. The first-order valence-corrected chi connectivity index (χ1v) is 6.84. The van der Waals surface area contributed by atoms with Gasteiger partial charge in [-0.1, -0.05) is 18.5 Å². The monoisotopic (exact) mass is 281 g/mol. The number of nitrogens with zero attached hydrogens (tertiary/aromatic N) is 2. The fourth-order valence-electron chi connectivity index (χ4n) is 2.01. The van der Waals surface area contributed by atoms with Gasteiger partial charge in [-0.25, -0.2) is 0 Å². The lowest BCUT2D eigenvalue weighted by Crippen LogP contribution is -2.39. The van der Waals surface area contributed by atoms with Crippen molar-refractivity contribution in [2.24, 2.45) is 16.8 Å². The summed E-state index contributed by atoms with van der Waals surface area (Å²) in [4.78, 5) is 12.0. The van der Waals surface area contributed by atoms with Crippen molar-refractivity contribution in [3.63, 3.8) is 0 Å². The van der Waals surface area contributed by atoms with E-state index in [9.17, 15) is 4.79 Å². The number of hydrogen-bond donors (Lipinski definition) is 4. The van der Waals surface area contributed by atoms with Gasteiger partial charge < -0.3 is 16.3 Å². The Morgan fingerprint density at radius 3 is 2.95 bits per heavy atom. The molecule has 0 fully saturated rings. The molecule has 0 aliphatic rings. The second-order valence-electron chi connectivity index (χ2n) is 4.78. The van der Waals surface area contributed by atoms with Gasteiger partial charge in [0.15, 0.2) is 5.84 Å². The molecule has 7 nitrogen and oxygen atoms in total. The van der Waals surface area contributed by atoms with Gasteiger partial charge >= 0.3 is 0 Å². The molecule has 20 heavy (non-hydrogen) atoms. The van der Waals surface area contributed by atoms with Crippen molar-refractivity contribution in [3.8, 4) is 0 Å². The molecular formula is C13H23N5O2. The van der Waals surface area contributed by atoms with Gasteiger partial charge in [0.2, 0.25) is 5.91 Å². The molecule has 0 bridgehead atoms. The predicted molar refractivity (Wildman–Crippen MR) is 76.5 cm³/mol. The number of aromatic amines is 1. The van der Waals surface area contributed by atoms with Crippen LogP contribution < -0.4 is 11.1 Å². The Balaban J connectivity index is 2.36. The number of nitrogens with two attached hydrogens (primary N) is 1. The third-order valence-corrected chi connectivity index (χ3v) is 3.22. The van der Waals surface area contributed by atoms with Crippen LogP contribution in [0.15, 0.2) is 11.4 Å². The average molecular weight is 281 g/mol. The molecule has 1 unspecified atom stereocenters. The van der Waals surface area contributed by atoms with Crippen molar-refractivity contribution in [3.05, 3.63) is 17.5 Å². The second kappa shape index (κ2) is 8.19. The number of rotatable bonds is 8. The number of carbonyl (C=O) groups is 1. The summed E-state index contributed by atoms with van der Waals surface area (Å²) in [5.74, 6) is -0.776. The predicted octanol–water partition coefficient (Wildman–Crippen LogP) is 0.930. The molecule has 0 radical (unpaired) electrons. The Morgan fingerprint density at radius 2 is 2.40 bits per heavy atom. The summed E-state index contributed by atoms with van der Waals surface area (Å²) in [6.45, 7) is 4.48. The SMILES string of the molecule is CCCC(C(=O)NCCCc1cn[nH]c1C)C(N)=NO. The third kappa shape index (κ3) is 4.56. The third-order valence-electron chi connectivity index (χ3n) is 3.22. The fourth-order valence-corrected chi connectivity index (χ4v) is 2.01.